The Balaban J connectivity index is 2.80. The first kappa shape index (κ1) is 4.44. The van der Waals surface area contributed by atoms with Gasteiger partial charge in [-0.05, 0) is 0 Å². The minimum absolute atomic E-state index is 0.250. The zero-order valence-electron chi connectivity index (χ0n) is 2.06. The standard InChI is InChI=1S/C2H3O.Po/c1-2-3;/h3H,1H2;. The zero-order chi connectivity index (χ0) is 3.58. The number of aliphatic hydroxyl groups is 1. The summed E-state index contributed by atoms with van der Waals surface area (Å²) in [5.41, 5.74) is 0. The summed E-state index contributed by atoms with van der Waals surface area (Å²) in [5, 5.41) is 7.90. The molecule has 0 saturated carbocycles. The molecule has 1 nitrogen and oxygen atoms in total. The quantitative estimate of drug-likeness (QED) is 0.610. The third kappa shape index (κ3) is 26.4. The van der Waals surface area contributed by atoms with E-state index in [1.165, 1.54) is 0 Å². The first-order valence-electron chi connectivity index (χ1n) is 0.781. The normalized spacial score (nSPS) is 6.00. The van der Waals surface area contributed by atoms with Crippen molar-refractivity contribution in [3.8, 4) is 0 Å². The van der Waals surface area contributed by atoms with Gasteiger partial charge in [0.2, 0.25) is 0 Å². The van der Waals surface area contributed by atoms with Crippen LogP contribution in [0.3, 0.4) is 0 Å². The molecule has 0 spiro atoms. The van der Waals surface area contributed by atoms with Crippen LogP contribution in [0.15, 0.2) is 10.00 Å². The first-order valence-corrected chi connectivity index (χ1v) is 2.37. The summed E-state index contributed by atoms with van der Waals surface area (Å²) in [6.45, 7) is 3.15. The Labute approximate surface area is 40.5 Å². The molecule has 0 rings (SSSR count). The average Bonchev–Trinajstić information content (AvgIpc) is 0.811. The van der Waals surface area contributed by atoms with Crippen molar-refractivity contribution in [1.82, 2.24) is 0 Å². The van der Waals surface area contributed by atoms with Gasteiger partial charge in [0.15, 0.2) is 0 Å². The van der Waals surface area contributed by atoms with Gasteiger partial charge < -0.3 is 0 Å². The second kappa shape index (κ2) is 1.73. The first-order chi connectivity index (χ1) is 1.73. The molecule has 1 radical (unpaired) electrons. The third-order valence-corrected chi connectivity index (χ3v) is 0. The van der Waals surface area contributed by atoms with Crippen molar-refractivity contribution in [3.05, 3.63) is 10.00 Å². The van der Waals surface area contributed by atoms with E-state index in [1.807, 2.05) is 0 Å². The van der Waals surface area contributed by atoms with Gasteiger partial charge in [-0.1, -0.05) is 0 Å². The van der Waals surface area contributed by atoms with Crippen molar-refractivity contribution in [2.24, 2.45) is 0 Å². The SMILES string of the molecule is C=[C](O)[Po]. The van der Waals surface area contributed by atoms with Crippen molar-refractivity contribution < 1.29 is 5.11 Å². The van der Waals surface area contributed by atoms with Crippen LogP contribution in [-0.2, 0) is 0 Å². The molecule has 0 aromatic rings. The van der Waals surface area contributed by atoms with E-state index in [2.05, 4.69) is 6.58 Å². The van der Waals surface area contributed by atoms with Crippen molar-refractivity contribution in [2.75, 3.05) is 0 Å². The molecule has 4 heavy (non-hydrogen) atoms. The van der Waals surface area contributed by atoms with Crippen LogP contribution in [0.2, 0.25) is 0 Å². The predicted octanol–water partition coefficient (Wildman–Crippen LogP) is 0.184. The van der Waals surface area contributed by atoms with Crippen LogP contribution in [0.4, 0.5) is 0 Å². The summed E-state index contributed by atoms with van der Waals surface area (Å²) in [4.78, 5) is 0. The Morgan fingerprint density at radius 1 is 2.00 bits per heavy atom. The second-order valence-electron chi connectivity index (χ2n) is 0.394. The van der Waals surface area contributed by atoms with Crippen LogP contribution in [0.25, 0.3) is 0 Å². The minimum atomic E-state index is 0.250. The fourth-order valence-corrected chi connectivity index (χ4v) is 0. The van der Waals surface area contributed by atoms with Gasteiger partial charge in [0.25, 0.3) is 0 Å². The molecule has 0 fully saturated rings. The van der Waals surface area contributed by atoms with E-state index in [0.29, 0.717) is 0 Å². The number of hydrogen-bond acceptors (Lipinski definition) is 1. The van der Waals surface area contributed by atoms with Crippen LogP contribution < -0.4 is 0 Å². The van der Waals surface area contributed by atoms with E-state index in [0.717, 1.165) is 25.1 Å². The molecule has 0 aromatic carbocycles. The molecular formula is C2H3OPo. The maximum absolute atomic E-state index is 7.90. The van der Waals surface area contributed by atoms with E-state index in [9.17, 15) is 0 Å². The van der Waals surface area contributed by atoms with E-state index < -0.39 is 0 Å². The topological polar surface area (TPSA) is 20.2 Å². The molecule has 1 N–H and O–H groups in total. The molecule has 0 saturated heterocycles. The molecule has 0 aliphatic carbocycles. The Morgan fingerprint density at radius 3 is 2.00 bits per heavy atom. The second-order valence-corrected chi connectivity index (χ2v) is 2.23. The summed E-state index contributed by atoms with van der Waals surface area (Å²) < 4.78 is 0.250. The number of aliphatic hydroxyl groups excluding tert-OH is 1. The van der Waals surface area contributed by atoms with Gasteiger partial charge in [0.05, 0.1) is 0 Å². The van der Waals surface area contributed by atoms with Crippen LogP contribution >= 0.6 is 0 Å². The Morgan fingerprint density at radius 2 is 2.00 bits per heavy atom. The molecule has 0 aliphatic heterocycles. The van der Waals surface area contributed by atoms with Crippen molar-refractivity contribution in [2.45, 2.75) is 0 Å². The van der Waals surface area contributed by atoms with E-state index in [4.69, 9.17) is 5.11 Å². The van der Waals surface area contributed by atoms with Gasteiger partial charge in [-0.25, -0.2) is 0 Å². The molecule has 0 aliphatic rings. The summed E-state index contributed by atoms with van der Waals surface area (Å²) in [5.74, 6) is 0. The average molecular weight is 252 g/mol. The summed E-state index contributed by atoms with van der Waals surface area (Å²) in [6.07, 6.45) is 0. The molecule has 23 valence electrons. The third-order valence-electron chi connectivity index (χ3n) is 0. The predicted molar refractivity (Wildman–Crippen MR) is 17.5 cm³/mol. The molecule has 0 atom stereocenters. The maximum atomic E-state index is 7.90. The van der Waals surface area contributed by atoms with Crippen LogP contribution in [0.5, 0.6) is 0 Å². The van der Waals surface area contributed by atoms with Crippen LogP contribution in [0, 0.1) is 0 Å². The van der Waals surface area contributed by atoms with Gasteiger partial charge >= 0.3 is 40.2 Å². The molecule has 0 bridgehead atoms. The van der Waals surface area contributed by atoms with Crippen molar-refractivity contribution in [1.29, 1.82) is 0 Å². The molecule has 0 aromatic heterocycles. The summed E-state index contributed by atoms with van der Waals surface area (Å²) >= 11 is 1.04. The fraction of sp³-hybridized carbons (Fsp3) is 0. The number of rotatable bonds is 0. The van der Waals surface area contributed by atoms with Crippen molar-refractivity contribution >= 4 is 25.1 Å². The monoisotopic (exact) mass is 252 g/mol. The molecular weight excluding hydrogens is 249 g/mol. The Kier molecular flexibility index (Phi) is 1.92. The van der Waals surface area contributed by atoms with Gasteiger partial charge in [0.1, 0.15) is 0 Å². The molecule has 2 heteroatoms. The fourth-order valence-electron chi connectivity index (χ4n) is 0. The van der Waals surface area contributed by atoms with Gasteiger partial charge in [-0.2, -0.15) is 0 Å². The van der Waals surface area contributed by atoms with E-state index in [-0.39, 0.29) is 3.42 Å². The van der Waals surface area contributed by atoms with E-state index in [1.54, 1.807) is 0 Å². The summed E-state index contributed by atoms with van der Waals surface area (Å²) in [6, 6.07) is 0. The molecule has 0 heterocycles. The zero-order valence-corrected chi connectivity index (χ0v) is 5.24. The van der Waals surface area contributed by atoms with Gasteiger partial charge in [-0.3, -0.25) is 0 Å². The van der Waals surface area contributed by atoms with Crippen LogP contribution in [0.1, 0.15) is 0 Å². The van der Waals surface area contributed by atoms with Gasteiger partial charge in [-0.15, -0.1) is 0 Å². The Hall–Kier alpha value is 0.436. The van der Waals surface area contributed by atoms with Crippen LogP contribution in [-0.4, -0.2) is 30.2 Å². The Bertz CT molecular complexity index is 29.0. The van der Waals surface area contributed by atoms with E-state index >= 15 is 0 Å². The van der Waals surface area contributed by atoms with Crippen molar-refractivity contribution in [3.63, 3.8) is 0 Å². The van der Waals surface area contributed by atoms with Gasteiger partial charge in [0, 0.05) is 0 Å². The molecule has 0 amide bonds. The summed E-state index contributed by atoms with van der Waals surface area (Å²) in [7, 11) is 0. The number of hydrogen-bond donors (Lipinski definition) is 1. The molecule has 0 unspecified atom stereocenters.